The first-order valence-electron chi connectivity index (χ1n) is 6.27. The quantitative estimate of drug-likeness (QED) is 0.751. The summed E-state index contributed by atoms with van der Waals surface area (Å²) in [6, 6.07) is 1.59. The van der Waals surface area contributed by atoms with Crippen LogP contribution in [0.3, 0.4) is 0 Å². The van der Waals surface area contributed by atoms with Crippen molar-refractivity contribution in [3.63, 3.8) is 0 Å². The van der Waals surface area contributed by atoms with Gasteiger partial charge in [-0.3, -0.25) is 0 Å². The number of rotatable bonds is 2. The van der Waals surface area contributed by atoms with E-state index in [4.69, 9.17) is 4.74 Å². The van der Waals surface area contributed by atoms with E-state index in [0.29, 0.717) is 11.6 Å². The predicted octanol–water partition coefficient (Wildman–Crippen LogP) is 2.03. The summed E-state index contributed by atoms with van der Waals surface area (Å²) >= 11 is 0. The zero-order chi connectivity index (χ0) is 13.2. The van der Waals surface area contributed by atoms with Gasteiger partial charge in [-0.15, -0.1) is 0 Å². The average Bonchev–Trinajstić information content (AvgIpc) is 2.80. The molecule has 0 spiro atoms. The normalized spacial score (nSPS) is 15.8. The number of carbonyl (C=O) groups excluding carboxylic acids is 1. The minimum Gasteiger partial charge on any atom is -0.455 e. The van der Waals surface area contributed by atoms with Crippen LogP contribution in [0.5, 0.6) is 0 Å². The molecule has 18 heavy (non-hydrogen) atoms. The zero-order valence-corrected chi connectivity index (χ0v) is 11.1. The molecule has 0 saturated carbocycles. The number of esters is 1. The van der Waals surface area contributed by atoms with E-state index in [1.807, 2.05) is 20.8 Å². The third-order valence-corrected chi connectivity index (χ3v) is 2.64. The van der Waals surface area contributed by atoms with Crippen LogP contribution in [0.1, 0.15) is 44.1 Å². The molecule has 0 amide bonds. The SMILES string of the molecule is CC(C)(C)OC(=O)c1ccnc(N2CCCC2)n1. The van der Waals surface area contributed by atoms with E-state index in [1.165, 1.54) is 0 Å². The van der Waals surface area contributed by atoms with E-state index in [2.05, 4.69) is 14.9 Å². The Kier molecular flexibility index (Phi) is 3.50. The van der Waals surface area contributed by atoms with E-state index in [9.17, 15) is 4.79 Å². The van der Waals surface area contributed by atoms with Gasteiger partial charge in [0.05, 0.1) is 0 Å². The summed E-state index contributed by atoms with van der Waals surface area (Å²) in [5.74, 6) is 0.223. The van der Waals surface area contributed by atoms with Gasteiger partial charge in [-0.2, -0.15) is 0 Å². The van der Waals surface area contributed by atoms with Crippen molar-refractivity contribution in [2.24, 2.45) is 0 Å². The van der Waals surface area contributed by atoms with Crippen LogP contribution < -0.4 is 4.90 Å². The van der Waals surface area contributed by atoms with E-state index in [-0.39, 0.29) is 0 Å². The number of hydrogen-bond donors (Lipinski definition) is 0. The minimum atomic E-state index is -0.504. The summed E-state index contributed by atoms with van der Waals surface area (Å²) in [7, 11) is 0. The van der Waals surface area contributed by atoms with Crippen LogP contribution in [0.2, 0.25) is 0 Å². The van der Waals surface area contributed by atoms with Crippen molar-refractivity contribution >= 4 is 11.9 Å². The minimum absolute atomic E-state index is 0.321. The second kappa shape index (κ2) is 4.92. The molecule has 0 aliphatic carbocycles. The molecule has 2 heterocycles. The van der Waals surface area contributed by atoms with Gasteiger partial charge in [-0.1, -0.05) is 0 Å². The van der Waals surface area contributed by atoms with Crippen molar-refractivity contribution in [1.29, 1.82) is 0 Å². The first-order valence-corrected chi connectivity index (χ1v) is 6.27. The summed E-state index contributed by atoms with van der Waals surface area (Å²) < 4.78 is 5.29. The fourth-order valence-corrected chi connectivity index (χ4v) is 1.86. The Labute approximate surface area is 107 Å². The smallest absolute Gasteiger partial charge is 0.357 e. The maximum Gasteiger partial charge on any atom is 0.357 e. The lowest BCUT2D eigenvalue weighted by Gasteiger charge is -2.20. The summed E-state index contributed by atoms with van der Waals surface area (Å²) in [6.07, 6.45) is 3.92. The number of aromatic nitrogens is 2. The standard InChI is InChI=1S/C13H19N3O2/c1-13(2,3)18-11(17)10-6-7-14-12(15-10)16-8-4-5-9-16/h6-7H,4-5,8-9H2,1-3H3. The lowest BCUT2D eigenvalue weighted by molar-refractivity contribution is 0.00627. The summed E-state index contributed by atoms with van der Waals surface area (Å²) in [5, 5.41) is 0. The second-order valence-electron chi connectivity index (χ2n) is 5.44. The number of anilines is 1. The van der Waals surface area contributed by atoms with Crippen LogP contribution in [0, 0.1) is 0 Å². The predicted molar refractivity (Wildman–Crippen MR) is 68.6 cm³/mol. The van der Waals surface area contributed by atoms with Crippen molar-refractivity contribution in [1.82, 2.24) is 9.97 Å². The molecule has 0 radical (unpaired) electrons. The number of ether oxygens (including phenoxy) is 1. The zero-order valence-electron chi connectivity index (χ0n) is 11.1. The van der Waals surface area contributed by atoms with Crippen LogP contribution in [-0.2, 0) is 4.74 Å². The Morgan fingerprint density at radius 3 is 2.61 bits per heavy atom. The highest BCUT2D eigenvalue weighted by molar-refractivity contribution is 5.87. The van der Waals surface area contributed by atoms with Crippen LogP contribution in [0.25, 0.3) is 0 Å². The van der Waals surface area contributed by atoms with E-state index in [0.717, 1.165) is 25.9 Å². The Morgan fingerprint density at radius 2 is 2.00 bits per heavy atom. The van der Waals surface area contributed by atoms with Crippen molar-refractivity contribution in [3.8, 4) is 0 Å². The molecule has 0 bridgehead atoms. The van der Waals surface area contributed by atoms with Gasteiger partial charge >= 0.3 is 5.97 Å². The molecule has 0 aromatic carbocycles. The molecule has 0 atom stereocenters. The van der Waals surface area contributed by atoms with Gasteiger partial charge < -0.3 is 9.64 Å². The molecule has 1 fully saturated rings. The Hall–Kier alpha value is -1.65. The third kappa shape index (κ3) is 3.18. The van der Waals surface area contributed by atoms with Gasteiger partial charge in [-0.05, 0) is 39.7 Å². The number of nitrogens with zero attached hydrogens (tertiary/aromatic N) is 3. The molecule has 0 unspecified atom stereocenters. The maximum absolute atomic E-state index is 11.9. The van der Waals surface area contributed by atoms with E-state index < -0.39 is 11.6 Å². The first-order chi connectivity index (χ1) is 8.46. The summed E-state index contributed by atoms with van der Waals surface area (Å²) in [4.78, 5) is 22.5. The molecule has 2 rings (SSSR count). The molecule has 1 aliphatic heterocycles. The molecule has 0 N–H and O–H groups in total. The van der Waals surface area contributed by atoms with Gasteiger partial charge in [-0.25, -0.2) is 14.8 Å². The van der Waals surface area contributed by atoms with Crippen LogP contribution >= 0.6 is 0 Å². The second-order valence-corrected chi connectivity index (χ2v) is 5.44. The highest BCUT2D eigenvalue weighted by Crippen LogP contribution is 2.16. The van der Waals surface area contributed by atoms with Crippen molar-refractivity contribution in [3.05, 3.63) is 18.0 Å². The van der Waals surface area contributed by atoms with Gasteiger partial charge in [0.1, 0.15) is 5.60 Å². The lowest BCUT2D eigenvalue weighted by atomic mass is 10.2. The molecule has 5 heteroatoms. The highest BCUT2D eigenvalue weighted by atomic mass is 16.6. The van der Waals surface area contributed by atoms with Crippen molar-refractivity contribution in [2.45, 2.75) is 39.2 Å². The molecule has 98 valence electrons. The van der Waals surface area contributed by atoms with Gasteiger partial charge in [0.2, 0.25) is 5.95 Å². The van der Waals surface area contributed by atoms with Gasteiger partial charge in [0, 0.05) is 19.3 Å². The number of hydrogen-bond acceptors (Lipinski definition) is 5. The molecule has 1 aliphatic rings. The Bertz CT molecular complexity index is 434. The molecular weight excluding hydrogens is 230 g/mol. The summed E-state index contributed by atoms with van der Waals surface area (Å²) in [6.45, 7) is 7.43. The van der Waals surface area contributed by atoms with Crippen molar-refractivity contribution < 1.29 is 9.53 Å². The largest absolute Gasteiger partial charge is 0.455 e. The average molecular weight is 249 g/mol. The summed E-state index contributed by atoms with van der Waals surface area (Å²) in [5.41, 5.74) is -0.183. The molecule has 1 aromatic rings. The number of carbonyl (C=O) groups is 1. The van der Waals surface area contributed by atoms with Crippen molar-refractivity contribution in [2.75, 3.05) is 18.0 Å². The van der Waals surface area contributed by atoms with Crippen LogP contribution in [0.15, 0.2) is 12.3 Å². The molecular formula is C13H19N3O2. The fraction of sp³-hybridized carbons (Fsp3) is 0.615. The van der Waals surface area contributed by atoms with Gasteiger partial charge in [0.25, 0.3) is 0 Å². The topological polar surface area (TPSA) is 55.3 Å². The molecule has 1 saturated heterocycles. The monoisotopic (exact) mass is 249 g/mol. The third-order valence-electron chi connectivity index (χ3n) is 2.64. The Morgan fingerprint density at radius 1 is 1.33 bits per heavy atom. The van der Waals surface area contributed by atoms with E-state index in [1.54, 1.807) is 12.3 Å². The van der Waals surface area contributed by atoms with Crippen LogP contribution in [0.4, 0.5) is 5.95 Å². The molecule has 1 aromatic heterocycles. The highest BCUT2D eigenvalue weighted by Gasteiger charge is 2.21. The fourth-order valence-electron chi connectivity index (χ4n) is 1.86. The lowest BCUT2D eigenvalue weighted by Crippen LogP contribution is -2.26. The Balaban J connectivity index is 2.14. The first kappa shape index (κ1) is 12.8. The molecule has 5 nitrogen and oxygen atoms in total. The van der Waals surface area contributed by atoms with E-state index >= 15 is 0 Å². The van der Waals surface area contributed by atoms with Gasteiger partial charge in [0.15, 0.2) is 5.69 Å². The van der Waals surface area contributed by atoms with Crippen LogP contribution in [-0.4, -0.2) is 34.6 Å². The maximum atomic E-state index is 11.9.